The molecule has 0 saturated carbocycles. The van der Waals surface area contributed by atoms with Gasteiger partial charge in [-0.2, -0.15) is 4.31 Å². The van der Waals surface area contributed by atoms with Crippen molar-refractivity contribution in [2.24, 2.45) is 0 Å². The van der Waals surface area contributed by atoms with Gasteiger partial charge in [0.1, 0.15) is 11.3 Å². The molecule has 1 aromatic carbocycles. The Morgan fingerprint density at radius 3 is 2.82 bits per heavy atom. The van der Waals surface area contributed by atoms with Crippen LogP contribution >= 0.6 is 0 Å². The predicted octanol–water partition coefficient (Wildman–Crippen LogP) is 0.533. The van der Waals surface area contributed by atoms with Crippen molar-refractivity contribution in [1.29, 1.82) is 0 Å². The van der Waals surface area contributed by atoms with Crippen LogP contribution in [0.5, 0.6) is 0 Å². The highest BCUT2D eigenvalue weighted by atomic mass is 32.2. The molecule has 9 nitrogen and oxygen atoms in total. The largest absolute Gasteiger partial charge is 0.365 e. The lowest BCUT2D eigenvalue weighted by molar-refractivity contribution is -0.117. The summed E-state index contributed by atoms with van der Waals surface area (Å²) in [5.74, 6) is -0.174. The van der Waals surface area contributed by atoms with E-state index in [4.69, 9.17) is 4.74 Å². The highest BCUT2D eigenvalue weighted by molar-refractivity contribution is 7.88. The summed E-state index contributed by atoms with van der Waals surface area (Å²) in [5, 5.41) is 11.3. The highest BCUT2D eigenvalue weighted by Crippen LogP contribution is 2.33. The van der Waals surface area contributed by atoms with Crippen LogP contribution < -0.4 is 5.32 Å². The van der Waals surface area contributed by atoms with E-state index in [1.807, 2.05) is 18.2 Å². The number of amides is 1. The summed E-state index contributed by atoms with van der Waals surface area (Å²) < 4.78 is 33.2. The van der Waals surface area contributed by atoms with E-state index < -0.39 is 15.6 Å². The van der Waals surface area contributed by atoms with Crippen molar-refractivity contribution < 1.29 is 17.9 Å². The number of fused-ring (bicyclic) bond motifs is 1. The fourth-order valence-corrected chi connectivity index (χ4v) is 4.70. The standard InChI is InChI=1S/C18H23N5O4S/c1-28(25,26)22-9-5-8-18(12-22)13-23-16(11-27-18)15(20-21-23)10-19-17(24)14-6-3-2-4-7-14/h2-4,6-7H,5,8-13H2,1H3,(H,19,24). The maximum absolute atomic E-state index is 12.2. The number of nitrogens with zero attached hydrogens (tertiary/aromatic N) is 4. The van der Waals surface area contributed by atoms with E-state index in [-0.39, 0.29) is 12.5 Å². The number of carbonyl (C=O) groups is 1. The Kier molecular flexibility index (Phi) is 4.94. The molecule has 10 heteroatoms. The zero-order valence-electron chi connectivity index (χ0n) is 15.7. The number of aromatic nitrogens is 3. The zero-order valence-corrected chi connectivity index (χ0v) is 16.5. The molecule has 4 rings (SSSR count). The number of hydrogen-bond acceptors (Lipinski definition) is 6. The minimum absolute atomic E-state index is 0.174. The van der Waals surface area contributed by atoms with E-state index in [1.165, 1.54) is 10.6 Å². The van der Waals surface area contributed by atoms with E-state index in [0.717, 1.165) is 18.5 Å². The predicted molar refractivity (Wildman–Crippen MR) is 101 cm³/mol. The smallest absolute Gasteiger partial charge is 0.251 e. The fraction of sp³-hybridized carbons (Fsp3) is 0.500. The summed E-state index contributed by atoms with van der Waals surface area (Å²) in [6.07, 6.45) is 2.75. The maximum Gasteiger partial charge on any atom is 0.251 e. The van der Waals surface area contributed by atoms with Crippen molar-refractivity contribution in [3.05, 3.63) is 47.3 Å². The summed E-state index contributed by atoms with van der Waals surface area (Å²) >= 11 is 0. The van der Waals surface area contributed by atoms with Crippen molar-refractivity contribution in [3.63, 3.8) is 0 Å². The molecule has 1 saturated heterocycles. The Morgan fingerprint density at radius 1 is 1.29 bits per heavy atom. The summed E-state index contributed by atoms with van der Waals surface area (Å²) in [7, 11) is -3.26. The molecule has 1 fully saturated rings. The van der Waals surface area contributed by atoms with E-state index in [0.29, 0.717) is 37.5 Å². The Hall–Kier alpha value is -2.30. The van der Waals surface area contributed by atoms with Crippen LogP contribution in [0.25, 0.3) is 0 Å². The Bertz CT molecular complexity index is 975. The van der Waals surface area contributed by atoms with Crippen LogP contribution in [0.2, 0.25) is 0 Å². The monoisotopic (exact) mass is 405 g/mol. The molecule has 150 valence electrons. The average Bonchev–Trinajstić information content (AvgIpc) is 3.08. The van der Waals surface area contributed by atoms with Gasteiger partial charge in [-0.3, -0.25) is 4.79 Å². The number of nitrogens with one attached hydrogen (secondary N) is 1. The lowest BCUT2D eigenvalue weighted by Crippen LogP contribution is -2.55. The van der Waals surface area contributed by atoms with Crippen molar-refractivity contribution >= 4 is 15.9 Å². The number of rotatable bonds is 4. The third-order valence-electron chi connectivity index (χ3n) is 5.30. The molecule has 0 aliphatic carbocycles. The summed E-state index contributed by atoms with van der Waals surface area (Å²) in [5.41, 5.74) is 1.49. The summed E-state index contributed by atoms with van der Waals surface area (Å²) in [4.78, 5) is 12.2. The molecule has 1 atom stereocenters. The van der Waals surface area contributed by atoms with Gasteiger partial charge in [0.15, 0.2) is 0 Å². The highest BCUT2D eigenvalue weighted by Gasteiger charge is 2.43. The number of piperidine rings is 1. The Morgan fingerprint density at radius 2 is 2.07 bits per heavy atom. The first kappa shape index (κ1) is 19.0. The third-order valence-corrected chi connectivity index (χ3v) is 6.55. The third kappa shape index (κ3) is 3.80. The van der Waals surface area contributed by atoms with Crippen molar-refractivity contribution in [2.75, 3.05) is 19.3 Å². The first-order valence-corrected chi connectivity index (χ1v) is 11.0. The quantitative estimate of drug-likeness (QED) is 0.795. The normalized spacial score (nSPS) is 22.8. The van der Waals surface area contributed by atoms with Crippen LogP contribution in [-0.2, 0) is 34.5 Å². The molecule has 0 bridgehead atoms. The molecular formula is C18H23N5O4S. The van der Waals surface area contributed by atoms with Crippen LogP contribution in [0, 0.1) is 0 Å². The molecule has 2 aromatic rings. The molecule has 2 aliphatic heterocycles. The van der Waals surface area contributed by atoms with Gasteiger partial charge >= 0.3 is 0 Å². The second-order valence-electron chi connectivity index (χ2n) is 7.36. The van der Waals surface area contributed by atoms with Crippen LogP contribution in [-0.4, -0.2) is 58.6 Å². The maximum atomic E-state index is 12.2. The van der Waals surface area contributed by atoms with Crippen LogP contribution in [0.1, 0.15) is 34.6 Å². The average molecular weight is 405 g/mol. The molecule has 1 unspecified atom stereocenters. The SMILES string of the molecule is CS(=O)(=O)N1CCCC2(C1)Cn1nnc(CNC(=O)c3ccccc3)c1CO2. The van der Waals surface area contributed by atoms with Crippen molar-refractivity contribution in [3.8, 4) is 0 Å². The molecule has 1 aromatic heterocycles. The van der Waals surface area contributed by atoms with E-state index in [2.05, 4.69) is 15.6 Å². The lowest BCUT2D eigenvalue weighted by Gasteiger charge is -2.43. The second kappa shape index (κ2) is 7.26. The van der Waals surface area contributed by atoms with Gasteiger partial charge in [-0.15, -0.1) is 5.10 Å². The minimum atomic E-state index is -3.26. The van der Waals surface area contributed by atoms with Crippen LogP contribution in [0.3, 0.4) is 0 Å². The van der Waals surface area contributed by atoms with Crippen molar-refractivity contribution in [2.45, 2.75) is 38.1 Å². The molecule has 2 aliphatic rings. The van der Waals surface area contributed by atoms with E-state index >= 15 is 0 Å². The molecule has 1 amide bonds. The van der Waals surface area contributed by atoms with Gasteiger partial charge in [-0.1, -0.05) is 23.4 Å². The first-order valence-electron chi connectivity index (χ1n) is 9.20. The van der Waals surface area contributed by atoms with E-state index in [1.54, 1.807) is 16.8 Å². The van der Waals surface area contributed by atoms with Crippen LogP contribution in [0.15, 0.2) is 30.3 Å². The van der Waals surface area contributed by atoms with Gasteiger partial charge in [-0.25, -0.2) is 13.1 Å². The number of benzene rings is 1. The van der Waals surface area contributed by atoms with Gasteiger partial charge in [-0.05, 0) is 25.0 Å². The first-order chi connectivity index (χ1) is 13.4. The molecule has 1 N–H and O–H groups in total. The zero-order chi connectivity index (χ0) is 19.8. The number of sulfonamides is 1. The lowest BCUT2D eigenvalue weighted by atomic mass is 9.92. The van der Waals surface area contributed by atoms with E-state index in [9.17, 15) is 13.2 Å². The molecule has 28 heavy (non-hydrogen) atoms. The van der Waals surface area contributed by atoms with Gasteiger partial charge in [0.05, 0.1) is 31.6 Å². The summed E-state index contributed by atoms with van der Waals surface area (Å²) in [6, 6.07) is 8.98. The number of carbonyl (C=O) groups excluding carboxylic acids is 1. The van der Waals surface area contributed by atoms with Crippen LogP contribution in [0.4, 0.5) is 0 Å². The molecule has 3 heterocycles. The van der Waals surface area contributed by atoms with Crippen molar-refractivity contribution in [1.82, 2.24) is 24.6 Å². The Labute approximate surface area is 163 Å². The van der Waals surface area contributed by atoms with Gasteiger partial charge in [0.2, 0.25) is 10.0 Å². The van der Waals surface area contributed by atoms with Gasteiger partial charge in [0.25, 0.3) is 5.91 Å². The van der Waals surface area contributed by atoms with Gasteiger partial charge in [0, 0.05) is 18.7 Å². The topological polar surface area (TPSA) is 106 Å². The molecule has 0 radical (unpaired) electrons. The number of hydrogen-bond donors (Lipinski definition) is 1. The molecular weight excluding hydrogens is 382 g/mol. The number of ether oxygens (including phenoxy) is 1. The Balaban J connectivity index is 1.44. The fourth-order valence-electron chi connectivity index (χ4n) is 3.77. The summed E-state index contributed by atoms with van der Waals surface area (Å²) in [6.45, 7) is 1.85. The minimum Gasteiger partial charge on any atom is -0.365 e. The second-order valence-corrected chi connectivity index (χ2v) is 9.34. The molecule has 1 spiro atoms. The van der Waals surface area contributed by atoms with Gasteiger partial charge < -0.3 is 10.1 Å².